The normalized spacial score (nSPS) is 12.8. The number of ether oxygens (including phenoxy) is 1. The molecule has 7 heteroatoms. The van der Waals surface area contributed by atoms with Crippen LogP contribution in [0.2, 0.25) is 5.02 Å². The zero-order valence-corrected chi connectivity index (χ0v) is 15.8. The second kappa shape index (κ2) is 8.67. The molecule has 0 unspecified atom stereocenters. The molecule has 0 saturated heterocycles. The molecule has 1 atom stereocenters. The highest BCUT2D eigenvalue weighted by Crippen LogP contribution is 2.23. The molecule has 2 aromatic rings. The van der Waals surface area contributed by atoms with Gasteiger partial charge in [-0.2, -0.15) is 0 Å². The minimum atomic E-state index is -3.64. The predicted octanol–water partition coefficient (Wildman–Crippen LogP) is 3.45. The number of sulfonamides is 1. The Labute approximate surface area is 153 Å². The van der Waals surface area contributed by atoms with Gasteiger partial charge in [-0.25, -0.2) is 13.1 Å². The van der Waals surface area contributed by atoms with Crippen molar-refractivity contribution in [2.45, 2.75) is 31.3 Å². The summed E-state index contributed by atoms with van der Waals surface area (Å²) in [6.45, 7) is 4.30. The van der Waals surface area contributed by atoms with E-state index in [2.05, 4.69) is 4.72 Å². The van der Waals surface area contributed by atoms with Crippen LogP contribution in [-0.4, -0.2) is 26.7 Å². The molecule has 0 bridgehead atoms. The van der Waals surface area contributed by atoms with Crippen LogP contribution < -0.4 is 9.46 Å². The molecule has 0 aliphatic heterocycles. The smallest absolute Gasteiger partial charge is 0.240 e. The first kappa shape index (κ1) is 19.7. The number of rotatable bonds is 8. The van der Waals surface area contributed by atoms with Crippen LogP contribution in [0.25, 0.3) is 0 Å². The van der Waals surface area contributed by atoms with E-state index in [-0.39, 0.29) is 17.9 Å². The molecule has 25 heavy (non-hydrogen) atoms. The Bertz CT molecular complexity index is 824. The summed E-state index contributed by atoms with van der Waals surface area (Å²) in [5, 5.41) is 10.7. The Morgan fingerprint density at radius 3 is 2.64 bits per heavy atom. The molecule has 0 heterocycles. The summed E-state index contributed by atoms with van der Waals surface area (Å²) in [6, 6.07) is 11.6. The van der Waals surface area contributed by atoms with Crippen LogP contribution >= 0.6 is 11.6 Å². The van der Waals surface area contributed by atoms with Crippen molar-refractivity contribution in [2.75, 3.05) is 13.2 Å². The monoisotopic (exact) mass is 383 g/mol. The van der Waals surface area contributed by atoms with Crippen molar-refractivity contribution < 1.29 is 18.3 Å². The molecule has 0 saturated carbocycles. The molecular weight excluding hydrogens is 362 g/mol. The summed E-state index contributed by atoms with van der Waals surface area (Å²) >= 11 is 5.89. The van der Waals surface area contributed by atoms with Gasteiger partial charge in [0.25, 0.3) is 0 Å². The molecule has 136 valence electrons. The third-order valence-electron chi connectivity index (χ3n) is 3.70. The van der Waals surface area contributed by atoms with Crippen molar-refractivity contribution in [3.05, 3.63) is 58.6 Å². The van der Waals surface area contributed by atoms with Crippen LogP contribution in [0.3, 0.4) is 0 Å². The van der Waals surface area contributed by atoms with Crippen molar-refractivity contribution in [2.24, 2.45) is 0 Å². The van der Waals surface area contributed by atoms with Crippen molar-refractivity contribution in [1.82, 2.24) is 4.72 Å². The van der Waals surface area contributed by atoms with E-state index in [4.69, 9.17) is 16.3 Å². The van der Waals surface area contributed by atoms with Crippen molar-refractivity contribution in [3.63, 3.8) is 0 Å². The highest BCUT2D eigenvalue weighted by molar-refractivity contribution is 7.89. The second-order valence-electron chi connectivity index (χ2n) is 5.62. The topological polar surface area (TPSA) is 75.6 Å². The largest absolute Gasteiger partial charge is 0.494 e. The summed E-state index contributed by atoms with van der Waals surface area (Å²) in [4.78, 5) is 0.172. The van der Waals surface area contributed by atoms with Crippen LogP contribution in [0.1, 0.15) is 30.6 Å². The van der Waals surface area contributed by atoms with E-state index < -0.39 is 16.1 Å². The van der Waals surface area contributed by atoms with E-state index in [1.54, 1.807) is 43.3 Å². The number of aryl methyl sites for hydroxylation is 1. The van der Waals surface area contributed by atoms with E-state index in [0.717, 1.165) is 5.56 Å². The fraction of sp³-hybridized carbons (Fsp3) is 0.333. The van der Waals surface area contributed by atoms with Gasteiger partial charge in [0, 0.05) is 11.6 Å². The summed E-state index contributed by atoms with van der Waals surface area (Å²) in [7, 11) is -3.64. The number of hydrogen-bond donors (Lipinski definition) is 2. The van der Waals surface area contributed by atoms with E-state index in [1.807, 2.05) is 6.92 Å². The van der Waals surface area contributed by atoms with Crippen LogP contribution in [0.15, 0.2) is 47.4 Å². The maximum atomic E-state index is 12.4. The van der Waals surface area contributed by atoms with E-state index in [0.29, 0.717) is 22.9 Å². The van der Waals surface area contributed by atoms with Gasteiger partial charge in [0.15, 0.2) is 0 Å². The third-order valence-corrected chi connectivity index (χ3v) is 5.39. The maximum absolute atomic E-state index is 12.4. The Hall–Kier alpha value is -1.60. The summed E-state index contributed by atoms with van der Waals surface area (Å²) in [5.41, 5.74) is 1.41. The molecule has 2 rings (SSSR count). The van der Waals surface area contributed by atoms with E-state index >= 15 is 0 Å². The Morgan fingerprint density at radius 2 is 2.00 bits per heavy atom. The molecule has 0 aliphatic rings. The fourth-order valence-corrected chi connectivity index (χ4v) is 3.73. The van der Waals surface area contributed by atoms with Crippen molar-refractivity contribution >= 4 is 21.6 Å². The number of aliphatic hydroxyl groups is 1. The molecule has 0 aliphatic carbocycles. The standard InChI is InChI=1S/C18H22ClNO4S/c1-3-24-18-8-7-16(11-13(18)2)25(22,23)20-10-9-17(21)14-5-4-6-15(19)12-14/h4-8,11-12,17,20-21H,3,9-10H2,1-2H3/t17-/m0/s1. The highest BCUT2D eigenvalue weighted by atomic mass is 35.5. The summed E-state index contributed by atoms with van der Waals surface area (Å²) in [5.74, 6) is 0.665. The van der Waals surface area contributed by atoms with Gasteiger partial charge in [0.2, 0.25) is 10.0 Å². The van der Waals surface area contributed by atoms with Gasteiger partial charge >= 0.3 is 0 Å². The minimum absolute atomic E-state index is 0.113. The van der Waals surface area contributed by atoms with Crippen molar-refractivity contribution in [3.8, 4) is 5.75 Å². The van der Waals surface area contributed by atoms with Gasteiger partial charge in [0.1, 0.15) is 5.75 Å². The summed E-state index contributed by atoms with van der Waals surface area (Å²) < 4.78 is 32.7. The Morgan fingerprint density at radius 1 is 1.24 bits per heavy atom. The van der Waals surface area contributed by atoms with Gasteiger partial charge in [-0.3, -0.25) is 0 Å². The SMILES string of the molecule is CCOc1ccc(S(=O)(=O)NCC[C@H](O)c2cccc(Cl)c2)cc1C. The molecule has 0 amide bonds. The molecule has 0 spiro atoms. The van der Waals surface area contributed by atoms with E-state index in [9.17, 15) is 13.5 Å². The lowest BCUT2D eigenvalue weighted by Crippen LogP contribution is -2.26. The fourth-order valence-electron chi connectivity index (χ4n) is 2.40. The number of hydrogen-bond acceptors (Lipinski definition) is 4. The van der Waals surface area contributed by atoms with Gasteiger partial charge in [-0.05, 0) is 61.7 Å². The van der Waals surface area contributed by atoms with Crippen molar-refractivity contribution in [1.29, 1.82) is 0 Å². The number of benzene rings is 2. The lowest BCUT2D eigenvalue weighted by atomic mass is 10.1. The predicted molar refractivity (Wildman–Crippen MR) is 98.6 cm³/mol. The third kappa shape index (κ3) is 5.44. The average Bonchev–Trinajstić information content (AvgIpc) is 2.56. The highest BCUT2D eigenvalue weighted by Gasteiger charge is 2.16. The number of halogens is 1. The Balaban J connectivity index is 1.98. The molecule has 2 aromatic carbocycles. The van der Waals surface area contributed by atoms with E-state index in [1.165, 1.54) is 6.07 Å². The molecule has 0 radical (unpaired) electrons. The average molecular weight is 384 g/mol. The zero-order chi connectivity index (χ0) is 18.4. The van der Waals surface area contributed by atoms with Gasteiger partial charge in [-0.15, -0.1) is 0 Å². The quantitative estimate of drug-likeness (QED) is 0.732. The van der Waals surface area contributed by atoms with Crippen LogP contribution in [0.5, 0.6) is 5.75 Å². The molecular formula is C18H22ClNO4S. The first-order valence-electron chi connectivity index (χ1n) is 8.00. The number of aliphatic hydroxyl groups excluding tert-OH is 1. The molecule has 0 aromatic heterocycles. The maximum Gasteiger partial charge on any atom is 0.240 e. The lowest BCUT2D eigenvalue weighted by Gasteiger charge is -2.13. The minimum Gasteiger partial charge on any atom is -0.494 e. The number of nitrogens with one attached hydrogen (secondary N) is 1. The van der Waals surface area contributed by atoms with Gasteiger partial charge < -0.3 is 9.84 Å². The van der Waals surface area contributed by atoms with Crippen LogP contribution in [0, 0.1) is 6.92 Å². The van der Waals surface area contributed by atoms with Gasteiger partial charge in [0.05, 0.1) is 17.6 Å². The van der Waals surface area contributed by atoms with Crippen LogP contribution in [-0.2, 0) is 10.0 Å². The van der Waals surface area contributed by atoms with Gasteiger partial charge in [-0.1, -0.05) is 23.7 Å². The van der Waals surface area contributed by atoms with Crippen LogP contribution in [0.4, 0.5) is 0 Å². The lowest BCUT2D eigenvalue weighted by molar-refractivity contribution is 0.169. The first-order chi connectivity index (χ1) is 11.8. The molecule has 0 fully saturated rings. The Kier molecular flexibility index (Phi) is 6.84. The molecule has 2 N–H and O–H groups in total. The first-order valence-corrected chi connectivity index (χ1v) is 9.86. The zero-order valence-electron chi connectivity index (χ0n) is 14.2. The summed E-state index contributed by atoms with van der Waals surface area (Å²) in [6.07, 6.45) is -0.543. The second-order valence-corrected chi connectivity index (χ2v) is 7.82. The molecule has 5 nitrogen and oxygen atoms in total.